The number of hydrogen-bond acceptors (Lipinski definition) is 3. The number of rotatable bonds is 3. The van der Waals surface area contributed by atoms with E-state index in [1.165, 1.54) is 6.07 Å². The molecule has 0 aliphatic rings. The fourth-order valence-corrected chi connectivity index (χ4v) is 2.15. The predicted molar refractivity (Wildman–Crippen MR) is 75.3 cm³/mol. The molecule has 3 aromatic rings. The van der Waals surface area contributed by atoms with Gasteiger partial charge in [0.15, 0.2) is 0 Å². The number of ether oxygens (including phenoxy) is 1. The Morgan fingerprint density at radius 3 is 2.90 bits per heavy atom. The number of aliphatic hydroxyl groups excluding tert-OH is 1. The van der Waals surface area contributed by atoms with E-state index < -0.39 is 5.82 Å². The highest BCUT2D eigenvalue weighted by atomic mass is 79.9. The van der Waals surface area contributed by atoms with Crippen LogP contribution in [0.4, 0.5) is 4.39 Å². The first-order chi connectivity index (χ1) is 9.69. The van der Waals surface area contributed by atoms with Gasteiger partial charge in [-0.1, -0.05) is 6.07 Å². The number of aliphatic hydroxyl groups is 1. The monoisotopic (exact) mass is 336 g/mol. The molecule has 102 valence electrons. The molecule has 0 atom stereocenters. The molecule has 20 heavy (non-hydrogen) atoms. The smallest absolute Gasteiger partial charge is 0.243 e. The average molecular weight is 337 g/mol. The zero-order valence-electron chi connectivity index (χ0n) is 10.3. The van der Waals surface area contributed by atoms with Crippen LogP contribution in [0.2, 0.25) is 0 Å². The van der Waals surface area contributed by atoms with Crippen molar-refractivity contribution in [3.05, 3.63) is 58.6 Å². The second-order valence-electron chi connectivity index (χ2n) is 4.13. The standard InChI is InChI=1S/C14H10BrFN2O2/c15-10-5-4-9(7-11(10)16)20-14-12(8-19)18-6-2-1-3-13(18)17-14/h1-7,19H,8H2. The Bertz CT molecular complexity index is 773. The molecule has 0 unspecified atom stereocenters. The third-order valence-corrected chi connectivity index (χ3v) is 3.49. The normalized spacial score (nSPS) is 10.9. The molecular weight excluding hydrogens is 327 g/mol. The molecule has 0 saturated heterocycles. The topological polar surface area (TPSA) is 46.8 Å². The number of pyridine rings is 1. The quantitative estimate of drug-likeness (QED) is 0.795. The van der Waals surface area contributed by atoms with Gasteiger partial charge in [0.2, 0.25) is 5.88 Å². The van der Waals surface area contributed by atoms with Crippen LogP contribution in [-0.4, -0.2) is 14.5 Å². The van der Waals surface area contributed by atoms with E-state index in [4.69, 9.17) is 4.74 Å². The zero-order valence-corrected chi connectivity index (χ0v) is 11.8. The van der Waals surface area contributed by atoms with E-state index in [-0.39, 0.29) is 12.5 Å². The predicted octanol–water partition coefficient (Wildman–Crippen LogP) is 3.52. The highest BCUT2D eigenvalue weighted by Gasteiger charge is 2.13. The van der Waals surface area contributed by atoms with Gasteiger partial charge >= 0.3 is 0 Å². The van der Waals surface area contributed by atoms with E-state index in [0.717, 1.165) is 0 Å². The number of aromatic nitrogens is 2. The lowest BCUT2D eigenvalue weighted by Gasteiger charge is -2.05. The van der Waals surface area contributed by atoms with Crippen LogP contribution in [0.3, 0.4) is 0 Å². The van der Waals surface area contributed by atoms with Crippen LogP contribution in [-0.2, 0) is 6.61 Å². The van der Waals surface area contributed by atoms with Crippen molar-refractivity contribution in [2.75, 3.05) is 0 Å². The second-order valence-corrected chi connectivity index (χ2v) is 4.98. The van der Waals surface area contributed by atoms with Gasteiger partial charge in [0.1, 0.15) is 22.9 Å². The SMILES string of the molecule is OCc1c(Oc2ccc(Br)c(F)c2)nc2ccccn12. The largest absolute Gasteiger partial charge is 0.437 e. The van der Waals surface area contributed by atoms with Crippen molar-refractivity contribution in [3.8, 4) is 11.6 Å². The molecule has 0 fully saturated rings. The highest BCUT2D eigenvalue weighted by molar-refractivity contribution is 9.10. The first-order valence-electron chi connectivity index (χ1n) is 5.89. The van der Waals surface area contributed by atoms with Gasteiger partial charge in [0.05, 0.1) is 11.1 Å². The summed E-state index contributed by atoms with van der Waals surface area (Å²) in [5.74, 6) is 0.168. The molecule has 3 rings (SSSR count). The number of hydrogen-bond donors (Lipinski definition) is 1. The Morgan fingerprint density at radius 1 is 1.30 bits per heavy atom. The van der Waals surface area contributed by atoms with Crippen molar-refractivity contribution >= 4 is 21.6 Å². The molecule has 0 spiro atoms. The van der Waals surface area contributed by atoms with Gasteiger partial charge in [0, 0.05) is 12.3 Å². The summed E-state index contributed by atoms with van der Waals surface area (Å²) in [4.78, 5) is 4.28. The van der Waals surface area contributed by atoms with Crippen molar-refractivity contribution in [1.82, 2.24) is 9.38 Å². The first kappa shape index (κ1) is 13.1. The molecule has 6 heteroatoms. The van der Waals surface area contributed by atoms with Crippen molar-refractivity contribution in [3.63, 3.8) is 0 Å². The molecule has 0 aliphatic heterocycles. The molecule has 4 nitrogen and oxygen atoms in total. The zero-order chi connectivity index (χ0) is 14.1. The van der Waals surface area contributed by atoms with Crippen molar-refractivity contribution in [1.29, 1.82) is 0 Å². The summed E-state index contributed by atoms with van der Waals surface area (Å²) < 4.78 is 21.1. The summed E-state index contributed by atoms with van der Waals surface area (Å²) in [5, 5.41) is 9.46. The number of imidazole rings is 1. The Hall–Kier alpha value is -1.92. The Kier molecular flexibility index (Phi) is 3.42. The van der Waals surface area contributed by atoms with Crippen LogP contribution < -0.4 is 4.74 Å². The third kappa shape index (κ3) is 2.28. The Morgan fingerprint density at radius 2 is 2.15 bits per heavy atom. The molecule has 2 aromatic heterocycles. The fraction of sp³-hybridized carbons (Fsp3) is 0.0714. The summed E-state index contributed by atoms with van der Waals surface area (Å²) in [7, 11) is 0. The van der Waals surface area contributed by atoms with E-state index in [1.54, 1.807) is 28.8 Å². The van der Waals surface area contributed by atoms with Gasteiger partial charge in [-0.05, 0) is 40.2 Å². The van der Waals surface area contributed by atoms with Gasteiger partial charge in [-0.25, -0.2) is 4.39 Å². The first-order valence-corrected chi connectivity index (χ1v) is 6.68. The van der Waals surface area contributed by atoms with E-state index in [2.05, 4.69) is 20.9 Å². The minimum Gasteiger partial charge on any atom is -0.437 e. The number of nitrogens with zero attached hydrogens (tertiary/aromatic N) is 2. The van der Waals surface area contributed by atoms with Crippen LogP contribution in [0.5, 0.6) is 11.6 Å². The number of halogens is 2. The van der Waals surface area contributed by atoms with Gasteiger partial charge in [0.25, 0.3) is 0 Å². The molecule has 0 bridgehead atoms. The maximum atomic E-state index is 13.5. The van der Waals surface area contributed by atoms with Crippen molar-refractivity contribution in [2.24, 2.45) is 0 Å². The summed E-state index contributed by atoms with van der Waals surface area (Å²) in [6.07, 6.45) is 1.78. The molecule has 0 saturated carbocycles. The van der Waals surface area contributed by atoms with E-state index in [0.29, 0.717) is 21.6 Å². The van der Waals surface area contributed by atoms with Crippen LogP contribution in [0, 0.1) is 5.82 Å². The Labute approximate surface area is 122 Å². The molecule has 1 aromatic carbocycles. The average Bonchev–Trinajstić information content (AvgIpc) is 2.80. The number of fused-ring (bicyclic) bond motifs is 1. The van der Waals surface area contributed by atoms with Crippen LogP contribution in [0.1, 0.15) is 5.69 Å². The van der Waals surface area contributed by atoms with Crippen molar-refractivity contribution in [2.45, 2.75) is 6.61 Å². The van der Waals surface area contributed by atoms with Crippen LogP contribution in [0.15, 0.2) is 47.1 Å². The molecule has 1 N–H and O–H groups in total. The minimum atomic E-state index is -0.420. The molecule has 0 radical (unpaired) electrons. The minimum absolute atomic E-state index is 0.223. The van der Waals surface area contributed by atoms with Gasteiger partial charge in [-0.3, -0.25) is 4.40 Å². The fourth-order valence-electron chi connectivity index (χ4n) is 1.90. The second kappa shape index (κ2) is 5.22. The third-order valence-electron chi connectivity index (χ3n) is 2.85. The maximum Gasteiger partial charge on any atom is 0.243 e. The van der Waals surface area contributed by atoms with Crippen molar-refractivity contribution < 1.29 is 14.2 Å². The summed E-state index contributed by atoms with van der Waals surface area (Å²) >= 11 is 3.08. The van der Waals surface area contributed by atoms with E-state index in [1.807, 2.05) is 12.1 Å². The Balaban J connectivity index is 2.03. The van der Waals surface area contributed by atoms with E-state index in [9.17, 15) is 9.50 Å². The lowest BCUT2D eigenvalue weighted by molar-refractivity contribution is 0.269. The number of benzene rings is 1. The van der Waals surface area contributed by atoms with Gasteiger partial charge in [-0.15, -0.1) is 0 Å². The lowest BCUT2D eigenvalue weighted by Crippen LogP contribution is -1.94. The summed E-state index contributed by atoms with van der Waals surface area (Å²) in [6.45, 7) is -0.223. The maximum absolute atomic E-state index is 13.5. The van der Waals surface area contributed by atoms with Gasteiger partial charge in [-0.2, -0.15) is 4.98 Å². The molecule has 0 aliphatic carbocycles. The van der Waals surface area contributed by atoms with Gasteiger partial charge < -0.3 is 9.84 Å². The highest BCUT2D eigenvalue weighted by Crippen LogP contribution is 2.28. The lowest BCUT2D eigenvalue weighted by atomic mass is 10.3. The summed E-state index contributed by atoms with van der Waals surface area (Å²) in [6, 6.07) is 9.91. The van der Waals surface area contributed by atoms with Crippen LogP contribution >= 0.6 is 15.9 Å². The van der Waals surface area contributed by atoms with Crippen LogP contribution in [0.25, 0.3) is 5.65 Å². The molecule has 0 amide bonds. The summed E-state index contributed by atoms with van der Waals surface area (Å²) in [5.41, 5.74) is 1.17. The van der Waals surface area contributed by atoms with E-state index >= 15 is 0 Å². The molecule has 2 heterocycles. The molecular formula is C14H10BrFN2O2.